The van der Waals surface area contributed by atoms with Crippen LogP contribution in [0.4, 0.5) is 0 Å². The molecule has 0 amide bonds. The maximum atomic E-state index is 11.8. The second kappa shape index (κ2) is 9.89. The molecule has 0 aliphatic heterocycles. The summed E-state index contributed by atoms with van der Waals surface area (Å²) < 4.78 is 0. The largest absolute Gasteiger partial charge is 0.479 e. The van der Waals surface area contributed by atoms with Crippen LogP contribution in [0, 0.1) is 11.8 Å². The number of nitrogens with two attached hydrogens (primary N) is 1. The lowest BCUT2D eigenvalue weighted by Gasteiger charge is -2.31. The molecule has 1 aromatic heterocycles. The van der Waals surface area contributed by atoms with Crippen LogP contribution in [-0.2, 0) is 11.2 Å². The smallest absolute Gasteiger partial charge is 0.337 e. The van der Waals surface area contributed by atoms with Gasteiger partial charge in [0.2, 0.25) is 0 Å². The third kappa shape index (κ3) is 6.19. The number of pyridine rings is 1. The van der Waals surface area contributed by atoms with Crippen LogP contribution in [0.3, 0.4) is 0 Å². The van der Waals surface area contributed by atoms with Crippen molar-refractivity contribution in [3.8, 4) is 0 Å². The molecule has 1 aromatic rings. The molecule has 0 radical (unpaired) electrons. The maximum Gasteiger partial charge on any atom is 0.337 e. The van der Waals surface area contributed by atoms with Crippen molar-refractivity contribution in [1.29, 1.82) is 0 Å². The van der Waals surface area contributed by atoms with Crippen LogP contribution in [0.15, 0.2) is 23.2 Å². The molecule has 3 atom stereocenters. The zero-order chi connectivity index (χ0) is 20.0. The predicted octanol–water partition coefficient (Wildman–Crippen LogP) is 3.87. The molecular weight excluding hydrogens is 360 g/mol. The Bertz CT molecular complexity index is 619. The van der Waals surface area contributed by atoms with Crippen molar-refractivity contribution in [3.05, 3.63) is 24.0 Å². The third-order valence-electron chi connectivity index (χ3n) is 5.84. The molecule has 1 unspecified atom stereocenters. The predicted molar refractivity (Wildman–Crippen MR) is 110 cm³/mol. The van der Waals surface area contributed by atoms with Crippen LogP contribution >= 0.6 is 11.8 Å². The summed E-state index contributed by atoms with van der Waals surface area (Å²) in [6.45, 7) is 6.36. The summed E-state index contributed by atoms with van der Waals surface area (Å²) in [7, 11) is 0. The second-order valence-electron chi connectivity index (χ2n) is 8.24. The number of rotatable bonds is 9. The molecule has 5 nitrogen and oxygen atoms in total. The molecule has 1 aliphatic rings. The van der Waals surface area contributed by atoms with E-state index in [0.717, 1.165) is 17.2 Å². The van der Waals surface area contributed by atoms with Gasteiger partial charge in [-0.15, -0.1) is 11.8 Å². The number of nitrogens with zero attached hydrogens (tertiary/aromatic N) is 1. The Morgan fingerprint density at radius 3 is 2.67 bits per heavy atom. The molecule has 27 heavy (non-hydrogen) atoms. The Hall–Kier alpha value is -1.11. The summed E-state index contributed by atoms with van der Waals surface area (Å²) in [5, 5.41) is 21.1. The fraction of sp³-hybridized carbons (Fsp3) is 0.714. The van der Waals surface area contributed by atoms with E-state index in [-0.39, 0.29) is 12.3 Å². The van der Waals surface area contributed by atoms with Gasteiger partial charge in [-0.1, -0.05) is 27.2 Å². The van der Waals surface area contributed by atoms with Gasteiger partial charge < -0.3 is 15.9 Å². The number of carbonyl (C=O) groups is 1. The zero-order valence-electron chi connectivity index (χ0n) is 16.7. The lowest BCUT2D eigenvalue weighted by atomic mass is 9.83. The minimum Gasteiger partial charge on any atom is -0.479 e. The van der Waals surface area contributed by atoms with Crippen molar-refractivity contribution < 1.29 is 15.0 Å². The average Bonchev–Trinajstić information content (AvgIpc) is 2.63. The molecule has 4 N–H and O–H groups in total. The molecule has 0 saturated heterocycles. The first-order chi connectivity index (χ1) is 12.7. The highest BCUT2D eigenvalue weighted by Crippen LogP contribution is 2.36. The van der Waals surface area contributed by atoms with Crippen LogP contribution in [0.1, 0.15) is 65.0 Å². The van der Waals surface area contributed by atoms with Gasteiger partial charge in [0.15, 0.2) is 5.60 Å². The molecule has 152 valence electrons. The molecule has 6 heteroatoms. The molecule has 2 rings (SSSR count). The summed E-state index contributed by atoms with van der Waals surface area (Å²) in [5.41, 5.74) is 4.69. The van der Waals surface area contributed by atoms with Crippen LogP contribution in [-0.4, -0.2) is 38.1 Å². The Balaban J connectivity index is 2.08. The van der Waals surface area contributed by atoms with Gasteiger partial charge in [0.25, 0.3) is 0 Å². The highest BCUT2D eigenvalue weighted by atomic mass is 32.2. The summed E-state index contributed by atoms with van der Waals surface area (Å²) in [6.07, 6.45) is 7.94. The fourth-order valence-electron chi connectivity index (χ4n) is 3.60. The molecule has 1 saturated carbocycles. The number of aliphatic carboxylic acids is 1. The summed E-state index contributed by atoms with van der Waals surface area (Å²) in [4.78, 5) is 17.2. The van der Waals surface area contributed by atoms with Gasteiger partial charge in [0, 0.05) is 34.5 Å². The zero-order valence-corrected chi connectivity index (χ0v) is 17.5. The summed E-state index contributed by atoms with van der Waals surface area (Å²) in [5.74, 6) is -0.207. The van der Waals surface area contributed by atoms with E-state index < -0.39 is 17.6 Å². The SMILES string of the molecule is CCC(C)C[C@H](N)[C@](O)(Cc1cc(S[C@H]2CC[C@H](C)CC2)ccn1)C(=O)O. The minimum absolute atomic E-state index is 0.0734. The number of aromatic nitrogens is 1. The van der Waals surface area contributed by atoms with Crippen molar-refractivity contribution in [3.63, 3.8) is 0 Å². The Morgan fingerprint density at radius 1 is 1.41 bits per heavy atom. The van der Waals surface area contributed by atoms with E-state index in [4.69, 9.17) is 5.73 Å². The number of hydrogen-bond donors (Lipinski definition) is 3. The number of hydrogen-bond acceptors (Lipinski definition) is 5. The van der Waals surface area contributed by atoms with E-state index in [2.05, 4.69) is 11.9 Å². The van der Waals surface area contributed by atoms with Gasteiger partial charge in [-0.2, -0.15) is 0 Å². The molecule has 1 heterocycles. The lowest BCUT2D eigenvalue weighted by molar-refractivity contribution is -0.161. The normalized spacial score (nSPS) is 24.8. The Kier molecular flexibility index (Phi) is 8.13. The van der Waals surface area contributed by atoms with Crippen LogP contribution in [0.5, 0.6) is 0 Å². The van der Waals surface area contributed by atoms with Crippen LogP contribution < -0.4 is 5.73 Å². The highest BCUT2D eigenvalue weighted by molar-refractivity contribution is 8.00. The first-order valence-corrected chi connectivity index (χ1v) is 11.0. The standard InChI is InChI=1S/C21H34N2O3S/c1-4-14(2)11-19(22)21(26,20(24)25)13-16-12-18(9-10-23-16)27-17-7-5-15(3)6-8-17/h9-10,12,14-15,17,19,26H,4-8,11,13,22H2,1-3H3,(H,24,25)/t14?,15-,17-,19-,21+/m0/s1. The van der Waals surface area contributed by atoms with Crippen molar-refractivity contribution in [2.45, 2.75) is 87.5 Å². The monoisotopic (exact) mass is 394 g/mol. The summed E-state index contributed by atoms with van der Waals surface area (Å²) >= 11 is 1.84. The van der Waals surface area contributed by atoms with E-state index in [1.54, 1.807) is 6.20 Å². The Morgan fingerprint density at radius 2 is 2.07 bits per heavy atom. The van der Waals surface area contributed by atoms with E-state index >= 15 is 0 Å². The quantitative estimate of drug-likeness (QED) is 0.588. The van der Waals surface area contributed by atoms with Gasteiger partial charge in [-0.3, -0.25) is 4.98 Å². The number of carboxylic acids is 1. The van der Waals surface area contributed by atoms with Crippen LogP contribution in [0.2, 0.25) is 0 Å². The second-order valence-corrected chi connectivity index (χ2v) is 9.62. The van der Waals surface area contributed by atoms with E-state index in [1.807, 2.05) is 37.7 Å². The fourth-order valence-corrected chi connectivity index (χ4v) is 4.84. The van der Waals surface area contributed by atoms with Gasteiger partial charge in [0.05, 0.1) is 0 Å². The van der Waals surface area contributed by atoms with Gasteiger partial charge in [0.1, 0.15) is 0 Å². The molecule has 0 aromatic carbocycles. The number of thioether (sulfide) groups is 1. The van der Waals surface area contributed by atoms with Crippen molar-refractivity contribution >= 4 is 17.7 Å². The van der Waals surface area contributed by atoms with Gasteiger partial charge in [-0.25, -0.2) is 4.79 Å². The van der Waals surface area contributed by atoms with E-state index in [9.17, 15) is 15.0 Å². The highest BCUT2D eigenvalue weighted by Gasteiger charge is 2.43. The molecule has 0 spiro atoms. The van der Waals surface area contributed by atoms with Gasteiger partial charge >= 0.3 is 5.97 Å². The van der Waals surface area contributed by atoms with Gasteiger partial charge in [-0.05, 0) is 56.1 Å². The minimum atomic E-state index is -2.00. The van der Waals surface area contributed by atoms with Crippen molar-refractivity contribution in [2.24, 2.45) is 17.6 Å². The average molecular weight is 395 g/mol. The first kappa shape index (κ1) is 22.2. The van der Waals surface area contributed by atoms with E-state index in [0.29, 0.717) is 17.4 Å². The third-order valence-corrected chi connectivity index (χ3v) is 7.17. The van der Waals surface area contributed by atoms with Crippen molar-refractivity contribution in [1.82, 2.24) is 4.98 Å². The summed E-state index contributed by atoms with van der Waals surface area (Å²) in [6, 6.07) is 3.04. The molecular formula is C21H34N2O3S. The van der Waals surface area contributed by atoms with Crippen LogP contribution in [0.25, 0.3) is 0 Å². The molecule has 1 fully saturated rings. The number of aliphatic hydroxyl groups is 1. The van der Waals surface area contributed by atoms with Crippen molar-refractivity contribution in [2.75, 3.05) is 0 Å². The van der Waals surface area contributed by atoms with E-state index in [1.165, 1.54) is 25.7 Å². The maximum absolute atomic E-state index is 11.8. The molecule has 0 bridgehead atoms. The topological polar surface area (TPSA) is 96.4 Å². The molecule has 1 aliphatic carbocycles. The number of carboxylic acid groups (broad SMARTS) is 1. The first-order valence-electron chi connectivity index (χ1n) is 10.1. The lowest BCUT2D eigenvalue weighted by Crippen LogP contribution is -2.56. The Labute approximate surface area is 167 Å².